The second kappa shape index (κ2) is 7.33. The van der Waals surface area contributed by atoms with Gasteiger partial charge in [-0.25, -0.2) is 4.39 Å². The Bertz CT molecular complexity index is 410. The van der Waals surface area contributed by atoms with Crippen molar-refractivity contribution < 1.29 is 9.13 Å². The molecule has 3 N–H and O–H groups in total. The fraction of sp³-hybridized carbons (Fsp3) is 0.571. The summed E-state index contributed by atoms with van der Waals surface area (Å²) in [6.07, 6.45) is 5.06. The minimum absolute atomic E-state index is 0.0405. The largest absolute Gasteiger partial charge is 0.378 e. The Morgan fingerprint density at radius 2 is 2.32 bits per heavy atom. The first-order valence-corrected chi connectivity index (χ1v) is 7.50. The first kappa shape index (κ1) is 14.9. The average Bonchev–Trinajstić information content (AvgIpc) is 2.42. The molecule has 1 aromatic carbocycles. The van der Waals surface area contributed by atoms with Crippen LogP contribution in [-0.4, -0.2) is 18.8 Å². The number of hydrogen-bond donors (Lipinski definition) is 2. The van der Waals surface area contributed by atoms with Gasteiger partial charge in [-0.05, 0) is 49.8 Å². The van der Waals surface area contributed by atoms with Crippen molar-refractivity contribution in [3.63, 3.8) is 0 Å². The molecule has 19 heavy (non-hydrogen) atoms. The van der Waals surface area contributed by atoms with Crippen LogP contribution < -0.4 is 11.3 Å². The lowest BCUT2D eigenvalue weighted by Gasteiger charge is -2.26. The molecule has 3 nitrogen and oxygen atoms in total. The molecule has 1 aliphatic heterocycles. The Morgan fingerprint density at radius 1 is 1.47 bits per heavy atom. The Labute approximate surface area is 121 Å². The summed E-state index contributed by atoms with van der Waals surface area (Å²) in [6.45, 7) is 0.828. The van der Waals surface area contributed by atoms with Crippen molar-refractivity contribution in [2.45, 2.75) is 44.2 Å². The third-order valence-electron chi connectivity index (χ3n) is 3.54. The fourth-order valence-corrected chi connectivity index (χ4v) is 2.81. The first-order valence-electron chi connectivity index (χ1n) is 6.70. The molecular weight excluding hydrogens is 311 g/mol. The maximum absolute atomic E-state index is 13.8. The van der Waals surface area contributed by atoms with E-state index in [4.69, 9.17) is 10.6 Å². The van der Waals surface area contributed by atoms with Crippen LogP contribution in [0, 0.1) is 5.82 Å². The van der Waals surface area contributed by atoms with E-state index in [1.54, 1.807) is 6.07 Å². The SMILES string of the molecule is NNC(Cc1ccc(Br)cc1F)CC1CCCCO1. The summed E-state index contributed by atoms with van der Waals surface area (Å²) in [4.78, 5) is 0. The van der Waals surface area contributed by atoms with Gasteiger partial charge in [-0.3, -0.25) is 11.3 Å². The van der Waals surface area contributed by atoms with Crippen molar-refractivity contribution in [2.24, 2.45) is 5.84 Å². The smallest absolute Gasteiger partial charge is 0.127 e. The number of nitrogens with two attached hydrogens (primary N) is 1. The molecule has 106 valence electrons. The summed E-state index contributed by atoms with van der Waals surface area (Å²) in [5.74, 6) is 5.39. The van der Waals surface area contributed by atoms with Crippen LogP contribution in [0.15, 0.2) is 22.7 Å². The van der Waals surface area contributed by atoms with E-state index in [1.165, 1.54) is 12.5 Å². The van der Waals surface area contributed by atoms with E-state index >= 15 is 0 Å². The van der Waals surface area contributed by atoms with Crippen LogP contribution in [0.1, 0.15) is 31.2 Å². The highest BCUT2D eigenvalue weighted by atomic mass is 79.9. The molecule has 0 bridgehead atoms. The topological polar surface area (TPSA) is 47.3 Å². The molecule has 2 unspecified atom stereocenters. The van der Waals surface area contributed by atoms with Gasteiger partial charge in [0.15, 0.2) is 0 Å². The van der Waals surface area contributed by atoms with Crippen LogP contribution in [0.4, 0.5) is 4.39 Å². The predicted molar refractivity (Wildman–Crippen MR) is 77.1 cm³/mol. The second-order valence-corrected chi connectivity index (χ2v) is 5.94. The zero-order valence-corrected chi connectivity index (χ0v) is 12.5. The summed E-state index contributed by atoms with van der Waals surface area (Å²) in [5, 5.41) is 0. The lowest BCUT2D eigenvalue weighted by molar-refractivity contribution is 0.00519. The van der Waals surface area contributed by atoms with Crippen LogP contribution >= 0.6 is 15.9 Å². The van der Waals surface area contributed by atoms with E-state index in [0.717, 1.165) is 30.3 Å². The number of hydrazine groups is 1. The van der Waals surface area contributed by atoms with Gasteiger partial charge in [0, 0.05) is 17.1 Å². The van der Waals surface area contributed by atoms with Crippen molar-refractivity contribution in [2.75, 3.05) is 6.61 Å². The van der Waals surface area contributed by atoms with Crippen LogP contribution in [0.25, 0.3) is 0 Å². The average molecular weight is 331 g/mol. The van der Waals surface area contributed by atoms with Crippen molar-refractivity contribution in [1.29, 1.82) is 0 Å². The number of hydrogen-bond acceptors (Lipinski definition) is 3. The van der Waals surface area contributed by atoms with Gasteiger partial charge in [0.2, 0.25) is 0 Å². The normalized spacial score (nSPS) is 21.3. The third kappa shape index (κ3) is 4.53. The highest BCUT2D eigenvalue weighted by molar-refractivity contribution is 9.10. The molecule has 1 aromatic rings. The Balaban J connectivity index is 1.94. The van der Waals surface area contributed by atoms with E-state index in [1.807, 2.05) is 6.07 Å². The zero-order valence-electron chi connectivity index (χ0n) is 10.9. The van der Waals surface area contributed by atoms with Gasteiger partial charge in [-0.15, -0.1) is 0 Å². The molecule has 1 fully saturated rings. The Kier molecular flexibility index (Phi) is 5.76. The van der Waals surface area contributed by atoms with Gasteiger partial charge in [0.05, 0.1) is 6.10 Å². The second-order valence-electron chi connectivity index (χ2n) is 5.03. The summed E-state index contributed by atoms with van der Waals surface area (Å²) in [7, 11) is 0. The first-order chi connectivity index (χ1) is 9.19. The predicted octanol–water partition coefficient (Wildman–Crippen LogP) is 2.92. The van der Waals surface area contributed by atoms with Crippen LogP contribution in [-0.2, 0) is 11.2 Å². The molecule has 0 aromatic heterocycles. The molecular formula is C14H20BrFN2O. The van der Waals surface area contributed by atoms with Gasteiger partial charge in [-0.2, -0.15) is 0 Å². The number of nitrogens with one attached hydrogen (secondary N) is 1. The summed E-state index contributed by atoms with van der Waals surface area (Å²) < 4.78 is 20.2. The molecule has 0 amide bonds. The van der Waals surface area contributed by atoms with Crippen LogP contribution in [0.5, 0.6) is 0 Å². The van der Waals surface area contributed by atoms with Gasteiger partial charge in [0.1, 0.15) is 5.82 Å². The fourth-order valence-electron chi connectivity index (χ4n) is 2.47. The lowest BCUT2D eigenvalue weighted by Crippen LogP contribution is -2.40. The van der Waals surface area contributed by atoms with Crippen molar-refractivity contribution in [3.8, 4) is 0 Å². The quantitative estimate of drug-likeness (QED) is 0.644. The summed E-state index contributed by atoms with van der Waals surface area (Å²) in [6, 6.07) is 5.17. The molecule has 0 aliphatic carbocycles. The van der Waals surface area contributed by atoms with Crippen LogP contribution in [0.2, 0.25) is 0 Å². The van der Waals surface area contributed by atoms with Gasteiger partial charge in [0.25, 0.3) is 0 Å². The number of ether oxygens (including phenoxy) is 1. The van der Waals surface area contributed by atoms with E-state index < -0.39 is 0 Å². The van der Waals surface area contributed by atoms with E-state index in [-0.39, 0.29) is 18.0 Å². The molecule has 5 heteroatoms. The highest BCUT2D eigenvalue weighted by Gasteiger charge is 2.20. The molecule has 0 radical (unpaired) electrons. The number of halogens is 2. The number of rotatable bonds is 5. The molecule has 2 atom stereocenters. The van der Waals surface area contributed by atoms with E-state index in [9.17, 15) is 4.39 Å². The maximum Gasteiger partial charge on any atom is 0.127 e. The summed E-state index contributed by atoms with van der Waals surface area (Å²) in [5.41, 5.74) is 3.46. The zero-order chi connectivity index (χ0) is 13.7. The van der Waals surface area contributed by atoms with Crippen LogP contribution in [0.3, 0.4) is 0 Å². The van der Waals surface area contributed by atoms with Crippen molar-refractivity contribution in [3.05, 3.63) is 34.1 Å². The van der Waals surface area contributed by atoms with E-state index in [2.05, 4.69) is 21.4 Å². The van der Waals surface area contributed by atoms with E-state index in [0.29, 0.717) is 12.0 Å². The monoisotopic (exact) mass is 330 g/mol. The highest BCUT2D eigenvalue weighted by Crippen LogP contribution is 2.21. The van der Waals surface area contributed by atoms with Crippen molar-refractivity contribution >= 4 is 15.9 Å². The Morgan fingerprint density at radius 3 is 2.95 bits per heavy atom. The molecule has 2 rings (SSSR count). The molecule has 0 spiro atoms. The maximum atomic E-state index is 13.8. The molecule has 0 saturated carbocycles. The summed E-state index contributed by atoms with van der Waals surface area (Å²) >= 11 is 3.26. The molecule has 1 aliphatic rings. The third-order valence-corrected chi connectivity index (χ3v) is 4.03. The standard InChI is InChI=1S/C14H20BrFN2O/c15-11-5-4-10(14(16)8-11)7-12(18-17)9-13-3-1-2-6-19-13/h4-5,8,12-13,18H,1-3,6-7,9,17H2. The van der Waals surface area contributed by atoms with Crippen molar-refractivity contribution in [1.82, 2.24) is 5.43 Å². The molecule has 1 heterocycles. The minimum Gasteiger partial charge on any atom is -0.378 e. The molecule has 1 saturated heterocycles. The van der Waals surface area contributed by atoms with Gasteiger partial charge in [-0.1, -0.05) is 22.0 Å². The lowest BCUT2D eigenvalue weighted by atomic mass is 9.97. The Hall–Kier alpha value is -0.490. The van der Waals surface area contributed by atoms with Gasteiger partial charge < -0.3 is 4.74 Å². The minimum atomic E-state index is -0.195. The number of benzene rings is 1. The van der Waals surface area contributed by atoms with Gasteiger partial charge >= 0.3 is 0 Å².